The van der Waals surface area contributed by atoms with Crippen molar-refractivity contribution in [3.63, 3.8) is 0 Å². The van der Waals surface area contributed by atoms with Crippen molar-refractivity contribution in [1.29, 1.82) is 0 Å². The summed E-state index contributed by atoms with van der Waals surface area (Å²) in [4.78, 5) is 1.26. The Hall–Kier alpha value is -1.13. The Morgan fingerprint density at radius 3 is 2.65 bits per heavy atom. The topological polar surface area (TPSA) is 40.7 Å². The summed E-state index contributed by atoms with van der Waals surface area (Å²) in [6, 6.07) is 4.21. The first-order valence-electron chi connectivity index (χ1n) is 7.21. The zero-order valence-corrected chi connectivity index (χ0v) is 13.5. The standard InChI is InChI=1S/C16H23N3S/c1-15(2)13(16(15,3)4)10-17-8-11-9-18-19-14(11)12-6-5-7-20-12/h5-7,9,13,17H,8,10H2,1-4H3,(H,18,19). The third-order valence-electron chi connectivity index (χ3n) is 5.47. The molecule has 0 radical (unpaired) electrons. The van der Waals surface area contributed by atoms with E-state index in [0.717, 1.165) is 24.7 Å². The van der Waals surface area contributed by atoms with E-state index >= 15 is 0 Å². The molecule has 0 amide bonds. The van der Waals surface area contributed by atoms with E-state index in [0.29, 0.717) is 10.8 Å². The highest BCUT2D eigenvalue weighted by Crippen LogP contribution is 2.67. The minimum absolute atomic E-state index is 0.451. The van der Waals surface area contributed by atoms with Crippen LogP contribution in [0.4, 0.5) is 0 Å². The first-order valence-corrected chi connectivity index (χ1v) is 8.09. The number of hydrogen-bond donors (Lipinski definition) is 2. The van der Waals surface area contributed by atoms with E-state index in [2.05, 4.69) is 60.7 Å². The summed E-state index contributed by atoms with van der Waals surface area (Å²) in [5, 5.41) is 13.0. The van der Waals surface area contributed by atoms with Gasteiger partial charge in [-0.3, -0.25) is 5.10 Å². The van der Waals surface area contributed by atoms with Crippen LogP contribution in [-0.2, 0) is 6.54 Å². The van der Waals surface area contributed by atoms with Crippen molar-refractivity contribution in [2.24, 2.45) is 16.7 Å². The van der Waals surface area contributed by atoms with E-state index in [-0.39, 0.29) is 0 Å². The Bertz CT molecular complexity index is 567. The number of aromatic nitrogens is 2. The molecule has 0 aliphatic heterocycles. The predicted octanol–water partition coefficient (Wildman–Crippen LogP) is 3.91. The summed E-state index contributed by atoms with van der Waals surface area (Å²) in [6.07, 6.45) is 1.94. The lowest BCUT2D eigenvalue weighted by molar-refractivity contribution is 0.457. The summed E-state index contributed by atoms with van der Waals surface area (Å²) in [5.41, 5.74) is 3.31. The molecule has 3 rings (SSSR count). The van der Waals surface area contributed by atoms with Gasteiger partial charge in [-0.2, -0.15) is 5.10 Å². The van der Waals surface area contributed by atoms with Gasteiger partial charge in [0.2, 0.25) is 0 Å². The molecule has 1 aliphatic rings. The van der Waals surface area contributed by atoms with Crippen LogP contribution in [0.3, 0.4) is 0 Å². The third-order valence-corrected chi connectivity index (χ3v) is 6.36. The van der Waals surface area contributed by atoms with Crippen molar-refractivity contribution in [3.8, 4) is 10.6 Å². The quantitative estimate of drug-likeness (QED) is 0.876. The van der Waals surface area contributed by atoms with Gasteiger partial charge in [0.05, 0.1) is 16.8 Å². The lowest BCUT2D eigenvalue weighted by atomic mass is 10.0. The van der Waals surface area contributed by atoms with Gasteiger partial charge in [0.15, 0.2) is 0 Å². The highest BCUT2D eigenvalue weighted by atomic mass is 32.1. The smallest absolute Gasteiger partial charge is 0.0794 e. The third kappa shape index (κ3) is 2.11. The Balaban J connectivity index is 1.60. The van der Waals surface area contributed by atoms with Gasteiger partial charge in [-0.05, 0) is 34.7 Å². The van der Waals surface area contributed by atoms with Crippen LogP contribution in [0.15, 0.2) is 23.7 Å². The van der Waals surface area contributed by atoms with Crippen LogP contribution in [-0.4, -0.2) is 16.7 Å². The molecule has 0 bridgehead atoms. The van der Waals surface area contributed by atoms with Gasteiger partial charge < -0.3 is 5.32 Å². The van der Waals surface area contributed by atoms with E-state index in [1.54, 1.807) is 11.3 Å². The fourth-order valence-electron chi connectivity index (χ4n) is 3.27. The van der Waals surface area contributed by atoms with Crippen LogP contribution < -0.4 is 5.32 Å². The maximum absolute atomic E-state index is 4.19. The number of hydrogen-bond acceptors (Lipinski definition) is 3. The predicted molar refractivity (Wildman–Crippen MR) is 84.7 cm³/mol. The van der Waals surface area contributed by atoms with Crippen LogP contribution in [0.25, 0.3) is 10.6 Å². The number of rotatable bonds is 5. The van der Waals surface area contributed by atoms with Crippen LogP contribution in [0.2, 0.25) is 0 Å². The van der Waals surface area contributed by atoms with Gasteiger partial charge >= 0.3 is 0 Å². The average molecular weight is 289 g/mol. The van der Waals surface area contributed by atoms with Gasteiger partial charge in [-0.1, -0.05) is 33.8 Å². The maximum atomic E-state index is 4.19. The van der Waals surface area contributed by atoms with E-state index in [4.69, 9.17) is 0 Å². The van der Waals surface area contributed by atoms with Crippen molar-refractivity contribution < 1.29 is 0 Å². The molecule has 0 atom stereocenters. The zero-order chi connectivity index (χ0) is 14.4. The van der Waals surface area contributed by atoms with Crippen molar-refractivity contribution in [3.05, 3.63) is 29.3 Å². The first kappa shape index (κ1) is 13.8. The van der Waals surface area contributed by atoms with Gasteiger partial charge in [0.25, 0.3) is 0 Å². The second kappa shape index (κ2) is 4.71. The van der Waals surface area contributed by atoms with Gasteiger partial charge in [-0.15, -0.1) is 11.3 Å². The van der Waals surface area contributed by atoms with Gasteiger partial charge in [0, 0.05) is 12.1 Å². The Labute approximate surface area is 124 Å². The minimum Gasteiger partial charge on any atom is -0.312 e. The van der Waals surface area contributed by atoms with Crippen molar-refractivity contribution in [1.82, 2.24) is 15.5 Å². The molecule has 0 spiro atoms. The molecule has 0 aromatic carbocycles. The lowest BCUT2D eigenvalue weighted by Gasteiger charge is -2.06. The molecule has 0 unspecified atom stereocenters. The summed E-state index contributed by atoms with van der Waals surface area (Å²) >= 11 is 1.75. The SMILES string of the molecule is CC1(C)C(CNCc2cn[nH]c2-c2cccs2)C1(C)C. The van der Waals surface area contributed by atoms with Gasteiger partial charge in [0.1, 0.15) is 0 Å². The van der Waals surface area contributed by atoms with Gasteiger partial charge in [-0.25, -0.2) is 0 Å². The molecule has 2 aromatic rings. The van der Waals surface area contributed by atoms with E-state index in [9.17, 15) is 0 Å². The van der Waals surface area contributed by atoms with E-state index in [1.165, 1.54) is 10.4 Å². The molecular weight excluding hydrogens is 266 g/mol. The largest absolute Gasteiger partial charge is 0.312 e. The van der Waals surface area contributed by atoms with Crippen LogP contribution in [0, 0.1) is 16.7 Å². The number of nitrogens with zero attached hydrogens (tertiary/aromatic N) is 1. The number of aromatic amines is 1. The number of thiophene rings is 1. The molecule has 1 fully saturated rings. The highest BCUT2D eigenvalue weighted by Gasteiger charge is 2.63. The summed E-state index contributed by atoms with van der Waals surface area (Å²) in [6.45, 7) is 11.4. The zero-order valence-electron chi connectivity index (χ0n) is 12.7. The van der Waals surface area contributed by atoms with E-state index < -0.39 is 0 Å². The molecule has 3 nitrogen and oxygen atoms in total. The molecular formula is C16H23N3S. The molecule has 2 aromatic heterocycles. The molecule has 0 saturated heterocycles. The number of nitrogens with one attached hydrogen (secondary N) is 2. The molecule has 108 valence electrons. The summed E-state index contributed by atoms with van der Waals surface area (Å²) < 4.78 is 0. The highest BCUT2D eigenvalue weighted by molar-refractivity contribution is 7.13. The summed E-state index contributed by atoms with van der Waals surface area (Å²) in [7, 11) is 0. The van der Waals surface area contributed by atoms with Crippen LogP contribution >= 0.6 is 11.3 Å². The fourth-order valence-corrected chi connectivity index (χ4v) is 4.03. The Morgan fingerprint density at radius 1 is 1.30 bits per heavy atom. The monoisotopic (exact) mass is 289 g/mol. The van der Waals surface area contributed by atoms with Crippen LogP contribution in [0.1, 0.15) is 33.3 Å². The van der Waals surface area contributed by atoms with Crippen LogP contribution in [0.5, 0.6) is 0 Å². The van der Waals surface area contributed by atoms with E-state index in [1.807, 2.05) is 6.20 Å². The second-order valence-electron chi connectivity index (χ2n) is 6.87. The maximum Gasteiger partial charge on any atom is 0.0794 e. The molecule has 4 heteroatoms. The molecule has 2 N–H and O–H groups in total. The Kier molecular flexibility index (Phi) is 3.26. The first-order chi connectivity index (χ1) is 9.44. The average Bonchev–Trinajstić information content (AvgIpc) is 2.90. The minimum atomic E-state index is 0.451. The fraction of sp³-hybridized carbons (Fsp3) is 0.562. The second-order valence-corrected chi connectivity index (χ2v) is 7.82. The Morgan fingerprint density at radius 2 is 2.05 bits per heavy atom. The molecule has 2 heterocycles. The molecule has 20 heavy (non-hydrogen) atoms. The normalized spacial score (nSPS) is 20.2. The lowest BCUT2D eigenvalue weighted by Crippen LogP contribution is -2.18. The van der Waals surface area contributed by atoms with Crippen molar-refractivity contribution in [2.75, 3.05) is 6.54 Å². The number of H-pyrrole nitrogens is 1. The summed E-state index contributed by atoms with van der Waals surface area (Å²) in [5.74, 6) is 0.757. The van der Waals surface area contributed by atoms with Crippen molar-refractivity contribution in [2.45, 2.75) is 34.2 Å². The molecule has 1 aliphatic carbocycles. The van der Waals surface area contributed by atoms with Crippen molar-refractivity contribution >= 4 is 11.3 Å². The molecule has 1 saturated carbocycles.